The summed E-state index contributed by atoms with van der Waals surface area (Å²) in [6.07, 6.45) is 1.62. The predicted molar refractivity (Wildman–Crippen MR) is 76.4 cm³/mol. The molecular weight excluding hydrogens is 344 g/mol. The number of hydrazine groups is 1. The molecule has 1 amide bonds. The first kappa shape index (κ1) is 14.8. The largest absolute Gasteiger partial charge is 0.272 e. The maximum absolute atomic E-state index is 13.5. The van der Waals surface area contributed by atoms with Crippen LogP contribution in [-0.4, -0.2) is 40.4 Å². The summed E-state index contributed by atoms with van der Waals surface area (Å²) < 4.78 is 27.7. The average Bonchev–Trinajstić information content (AvgIpc) is 2.98. The number of fused-ring (bicyclic) bond motifs is 1. The highest BCUT2D eigenvalue weighted by Crippen LogP contribution is 2.46. The van der Waals surface area contributed by atoms with Crippen LogP contribution in [0.1, 0.15) is 31.4 Å². The number of carbonyl (C=O) groups is 1. The minimum Gasteiger partial charge on any atom is -0.272 e. The van der Waals surface area contributed by atoms with E-state index in [1.807, 2.05) is 6.07 Å². The summed E-state index contributed by atoms with van der Waals surface area (Å²) in [6.45, 7) is 2.39. The van der Waals surface area contributed by atoms with Gasteiger partial charge in [-0.05, 0) is 40.4 Å². The Bertz CT molecular complexity index is 571. The number of nitrogens with zero attached hydrogens (tertiary/aromatic N) is 3. The molecule has 2 fully saturated rings. The molecule has 0 spiro atoms. The van der Waals surface area contributed by atoms with E-state index in [2.05, 4.69) is 20.9 Å². The quantitative estimate of drug-likeness (QED) is 0.832. The molecule has 0 N–H and O–H groups in total. The molecule has 3 heterocycles. The Morgan fingerprint density at radius 1 is 1.52 bits per heavy atom. The minimum absolute atomic E-state index is 0.109. The molecule has 2 unspecified atom stereocenters. The number of carbonyl (C=O) groups excluding carboxylic acids is 1. The van der Waals surface area contributed by atoms with Crippen LogP contribution in [0.15, 0.2) is 22.9 Å². The second-order valence-electron chi connectivity index (χ2n) is 5.59. The fourth-order valence-electron chi connectivity index (χ4n) is 3.24. The summed E-state index contributed by atoms with van der Waals surface area (Å²) >= 11 is 3.36. The van der Waals surface area contributed by atoms with Crippen molar-refractivity contribution in [2.75, 3.05) is 13.1 Å². The summed E-state index contributed by atoms with van der Waals surface area (Å²) in [7, 11) is 0. The van der Waals surface area contributed by atoms with E-state index in [1.54, 1.807) is 24.3 Å². The van der Waals surface area contributed by atoms with Crippen molar-refractivity contribution in [2.24, 2.45) is 5.41 Å². The van der Waals surface area contributed by atoms with Gasteiger partial charge in [0.1, 0.15) is 5.41 Å². The van der Waals surface area contributed by atoms with Crippen molar-refractivity contribution in [3.63, 3.8) is 0 Å². The number of pyridine rings is 1. The normalized spacial score (nSPS) is 29.5. The van der Waals surface area contributed by atoms with E-state index in [9.17, 15) is 13.6 Å². The lowest BCUT2D eigenvalue weighted by molar-refractivity contribution is -0.148. The van der Waals surface area contributed by atoms with Crippen molar-refractivity contribution < 1.29 is 13.6 Å². The second-order valence-corrected chi connectivity index (χ2v) is 6.50. The van der Waals surface area contributed by atoms with Crippen molar-refractivity contribution in [3.05, 3.63) is 28.5 Å². The van der Waals surface area contributed by atoms with Gasteiger partial charge in [0.05, 0.1) is 6.04 Å². The molecule has 0 aromatic carbocycles. The van der Waals surface area contributed by atoms with Gasteiger partial charge in [0.25, 0.3) is 12.3 Å². The lowest BCUT2D eigenvalue weighted by atomic mass is 9.84. The summed E-state index contributed by atoms with van der Waals surface area (Å²) in [5, 5.41) is 3.29. The zero-order valence-electron chi connectivity index (χ0n) is 11.6. The van der Waals surface area contributed by atoms with Crippen LogP contribution in [0.4, 0.5) is 8.78 Å². The van der Waals surface area contributed by atoms with Crippen molar-refractivity contribution in [1.82, 2.24) is 15.0 Å². The van der Waals surface area contributed by atoms with Crippen LogP contribution in [0.2, 0.25) is 0 Å². The molecule has 114 valence electrons. The number of rotatable bonds is 3. The number of alkyl halides is 2. The molecule has 2 aliphatic rings. The Balaban J connectivity index is 1.94. The van der Waals surface area contributed by atoms with Gasteiger partial charge in [-0.25, -0.2) is 13.8 Å². The molecule has 2 aliphatic heterocycles. The van der Waals surface area contributed by atoms with E-state index in [0.717, 1.165) is 16.5 Å². The van der Waals surface area contributed by atoms with Crippen LogP contribution in [0.5, 0.6) is 0 Å². The summed E-state index contributed by atoms with van der Waals surface area (Å²) in [4.78, 5) is 16.7. The molecule has 0 saturated carbocycles. The second kappa shape index (κ2) is 5.28. The van der Waals surface area contributed by atoms with Gasteiger partial charge in [0, 0.05) is 30.0 Å². The van der Waals surface area contributed by atoms with Crippen LogP contribution in [0.25, 0.3) is 0 Å². The molecular formula is C14H16BrF2N3O. The zero-order valence-corrected chi connectivity index (χ0v) is 13.2. The molecule has 0 aliphatic carbocycles. The molecule has 0 bridgehead atoms. The van der Waals surface area contributed by atoms with Gasteiger partial charge in [-0.1, -0.05) is 6.92 Å². The molecule has 2 saturated heterocycles. The molecule has 2 atom stereocenters. The molecule has 4 nitrogen and oxygen atoms in total. The maximum Gasteiger partial charge on any atom is 0.254 e. The van der Waals surface area contributed by atoms with Gasteiger partial charge in [0.2, 0.25) is 0 Å². The SMILES string of the molecule is CCC1(C(F)F)CN2CCC(c3cncc(Br)c3)N2C1=O. The zero-order chi connectivity index (χ0) is 15.2. The first-order chi connectivity index (χ1) is 9.99. The van der Waals surface area contributed by atoms with E-state index in [4.69, 9.17) is 0 Å². The van der Waals surface area contributed by atoms with Crippen LogP contribution in [0, 0.1) is 5.41 Å². The van der Waals surface area contributed by atoms with E-state index < -0.39 is 17.7 Å². The lowest BCUT2D eigenvalue weighted by Crippen LogP contribution is -2.41. The van der Waals surface area contributed by atoms with Gasteiger partial charge in [-0.3, -0.25) is 14.8 Å². The summed E-state index contributed by atoms with van der Waals surface area (Å²) in [5.41, 5.74) is -0.681. The minimum atomic E-state index is -2.64. The Morgan fingerprint density at radius 2 is 2.29 bits per heavy atom. The molecule has 3 rings (SSSR count). The first-order valence-electron chi connectivity index (χ1n) is 6.96. The Kier molecular flexibility index (Phi) is 3.73. The third-order valence-electron chi connectivity index (χ3n) is 4.52. The molecule has 7 heteroatoms. The molecule has 1 aromatic rings. The topological polar surface area (TPSA) is 36.4 Å². The highest BCUT2D eigenvalue weighted by atomic mass is 79.9. The van der Waals surface area contributed by atoms with Crippen molar-refractivity contribution in [3.8, 4) is 0 Å². The van der Waals surface area contributed by atoms with Gasteiger partial charge in [0.15, 0.2) is 0 Å². The molecule has 21 heavy (non-hydrogen) atoms. The number of amides is 1. The van der Waals surface area contributed by atoms with E-state index in [1.165, 1.54) is 5.01 Å². The number of aromatic nitrogens is 1. The number of hydrogen-bond acceptors (Lipinski definition) is 3. The summed E-state index contributed by atoms with van der Waals surface area (Å²) in [5.74, 6) is -0.456. The van der Waals surface area contributed by atoms with Crippen LogP contribution >= 0.6 is 15.9 Å². The number of hydrogen-bond donors (Lipinski definition) is 0. The van der Waals surface area contributed by atoms with Crippen LogP contribution in [-0.2, 0) is 4.79 Å². The number of halogens is 3. The predicted octanol–water partition coefficient (Wildman–Crippen LogP) is 3.01. The monoisotopic (exact) mass is 359 g/mol. The third-order valence-corrected chi connectivity index (χ3v) is 4.95. The summed E-state index contributed by atoms with van der Waals surface area (Å²) in [6, 6.07) is 1.69. The fourth-order valence-corrected chi connectivity index (χ4v) is 3.63. The standard InChI is InChI=1S/C14H16BrF2N3O/c1-2-14(12(16)17)8-19-4-3-11(20(19)13(14)21)9-5-10(15)7-18-6-9/h5-7,11-12H,2-4,8H2,1H3. The Hall–Kier alpha value is -1.08. The Labute approximate surface area is 130 Å². The molecule has 0 radical (unpaired) electrons. The van der Waals surface area contributed by atoms with E-state index >= 15 is 0 Å². The highest BCUT2D eigenvalue weighted by Gasteiger charge is 2.59. The van der Waals surface area contributed by atoms with Gasteiger partial charge in [-0.2, -0.15) is 0 Å². The van der Waals surface area contributed by atoms with Gasteiger partial charge < -0.3 is 0 Å². The maximum atomic E-state index is 13.5. The van der Waals surface area contributed by atoms with Crippen LogP contribution < -0.4 is 0 Å². The lowest BCUT2D eigenvalue weighted by Gasteiger charge is -2.27. The van der Waals surface area contributed by atoms with E-state index in [0.29, 0.717) is 6.54 Å². The van der Waals surface area contributed by atoms with E-state index in [-0.39, 0.29) is 19.0 Å². The van der Waals surface area contributed by atoms with Gasteiger partial charge in [-0.15, -0.1) is 0 Å². The smallest absolute Gasteiger partial charge is 0.254 e. The third kappa shape index (κ3) is 2.17. The van der Waals surface area contributed by atoms with Crippen molar-refractivity contribution in [1.29, 1.82) is 0 Å². The first-order valence-corrected chi connectivity index (χ1v) is 7.76. The highest BCUT2D eigenvalue weighted by molar-refractivity contribution is 9.10. The van der Waals surface area contributed by atoms with Crippen molar-refractivity contribution >= 4 is 21.8 Å². The molecule has 1 aromatic heterocycles. The van der Waals surface area contributed by atoms with Gasteiger partial charge >= 0.3 is 0 Å². The Morgan fingerprint density at radius 3 is 2.90 bits per heavy atom. The fraction of sp³-hybridized carbons (Fsp3) is 0.571. The van der Waals surface area contributed by atoms with Crippen LogP contribution in [0.3, 0.4) is 0 Å². The average molecular weight is 360 g/mol. The van der Waals surface area contributed by atoms with Crippen molar-refractivity contribution in [2.45, 2.75) is 32.2 Å².